The van der Waals surface area contributed by atoms with E-state index in [0.717, 1.165) is 5.56 Å². The minimum atomic E-state index is -1.12. The second-order valence-electron chi connectivity index (χ2n) is 9.74. The van der Waals surface area contributed by atoms with Gasteiger partial charge in [-0.25, -0.2) is 4.79 Å². The molecule has 35 heavy (non-hydrogen) atoms. The predicted octanol–water partition coefficient (Wildman–Crippen LogP) is 2.33. The Hall–Kier alpha value is -2.01. The zero-order valence-corrected chi connectivity index (χ0v) is 22.3. The molecule has 0 bridgehead atoms. The van der Waals surface area contributed by atoms with E-state index in [1.165, 1.54) is 21.6 Å². The number of hydrogen-bond acceptors (Lipinski definition) is 7. The Morgan fingerprint density at radius 3 is 2.54 bits per heavy atom. The Kier molecular flexibility index (Phi) is 7.57. The van der Waals surface area contributed by atoms with Crippen LogP contribution in [0.4, 0.5) is 0 Å². The molecule has 0 spiro atoms. The first-order chi connectivity index (χ1) is 16.6. The van der Waals surface area contributed by atoms with E-state index in [0.29, 0.717) is 24.4 Å². The van der Waals surface area contributed by atoms with Crippen LogP contribution in [0, 0.1) is 11.8 Å². The van der Waals surface area contributed by atoms with E-state index in [4.69, 9.17) is 0 Å². The summed E-state index contributed by atoms with van der Waals surface area (Å²) in [5, 5.41) is 20.1. The topological polar surface area (TPSA) is 101 Å². The van der Waals surface area contributed by atoms with Crippen LogP contribution in [0.1, 0.15) is 25.8 Å². The smallest absolute Gasteiger partial charge is 0.353 e. The number of thioether (sulfide) groups is 2. The minimum absolute atomic E-state index is 0.0101. The molecule has 1 aromatic rings. The molecule has 0 aromatic heterocycles. The van der Waals surface area contributed by atoms with Crippen molar-refractivity contribution in [2.75, 3.05) is 26.9 Å². The molecule has 1 aromatic carbocycles. The molecule has 0 radical (unpaired) electrons. The number of amides is 2. The van der Waals surface area contributed by atoms with Gasteiger partial charge in [-0.2, -0.15) is 0 Å². The number of carbonyl (C=O) groups excluding carboxylic acids is 2. The summed E-state index contributed by atoms with van der Waals surface area (Å²) in [6, 6.07) is 7.54. The maximum Gasteiger partial charge on any atom is 0.353 e. The van der Waals surface area contributed by atoms with Crippen molar-refractivity contribution in [1.82, 2.24) is 14.7 Å². The molecule has 0 unspecified atom stereocenters. The normalized spacial score (nSPS) is 29.3. The van der Waals surface area contributed by atoms with Crippen molar-refractivity contribution in [3.05, 3.63) is 40.4 Å². The highest BCUT2D eigenvalue weighted by molar-refractivity contribution is 8.03. The molecule has 2 amide bonds. The Labute approximate surface area is 214 Å². The first-order valence-corrected chi connectivity index (χ1v) is 13.9. The average Bonchev–Trinajstić information content (AvgIpc) is 3.30. The van der Waals surface area contributed by atoms with Crippen molar-refractivity contribution in [2.45, 2.75) is 55.1 Å². The number of likely N-dealkylation sites (N-methyl/N-ethyl adjacent to an activating group) is 1. The van der Waals surface area contributed by atoms with Gasteiger partial charge in [0.25, 0.3) is 0 Å². The molecule has 190 valence electrons. The Morgan fingerprint density at radius 2 is 1.94 bits per heavy atom. The summed E-state index contributed by atoms with van der Waals surface area (Å²) in [4.78, 5) is 44.9. The molecule has 2 fully saturated rings. The summed E-state index contributed by atoms with van der Waals surface area (Å²) in [6.45, 7) is 4.79. The van der Waals surface area contributed by atoms with Crippen molar-refractivity contribution in [1.29, 1.82) is 0 Å². The highest BCUT2D eigenvalue weighted by Crippen LogP contribution is 2.52. The molecule has 6 atom stereocenters. The van der Waals surface area contributed by atoms with E-state index in [1.54, 1.807) is 37.7 Å². The summed E-state index contributed by atoms with van der Waals surface area (Å²) in [7, 11) is 3.52. The van der Waals surface area contributed by atoms with Crippen LogP contribution in [-0.4, -0.2) is 93.0 Å². The number of hydrogen-bond donors (Lipinski definition) is 2. The van der Waals surface area contributed by atoms with Gasteiger partial charge in [0.1, 0.15) is 5.70 Å². The van der Waals surface area contributed by atoms with Crippen molar-refractivity contribution < 1.29 is 24.6 Å². The molecule has 10 heteroatoms. The van der Waals surface area contributed by atoms with E-state index in [9.17, 15) is 24.6 Å². The zero-order valence-electron chi connectivity index (χ0n) is 20.7. The van der Waals surface area contributed by atoms with Crippen molar-refractivity contribution in [3.8, 4) is 0 Å². The van der Waals surface area contributed by atoms with E-state index in [2.05, 4.69) is 17.0 Å². The average molecular weight is 520 g/mol. The molecule has 3 aliphatic rings. The van der Waals surface area contributed by atoms with E-state index < -0.39 is 18.0 Å². The third kappa shape index (κ3) is 4.61. The van der Waals surface area contributed by atoms with Gasteiger partial charge < -0.3 is 20.0 Å². The van der Waals surface area contributed by atoms with Gasteiger partial charge in [-0.3, -0.25) is 14.5 Å². The molecule has 4 rings (SSSR count). The number of benzene rings is 1. The molecule has 2 N–H and O–H groups in total. The fourth-order valence-corrected chi connectivity index (χ4v) is 7.75. The minimum Gasteiger partial charge on any atom is -0.477 e. The first kappa shape index (κ1) is 26.1. The molecular weight excluding hydrogens is 486 g/mol. The third-order valence-corrected chi connectivity index (χ3v) is 9.59. The summed E-state index contributed by atoms with van der Waals surface area (Å²) in [5.74, 6) is -2.17. The van der Waals surface area contributed by atoms with Crippen LogP contribution in [0.2, 0.25) is 0 Å². The number of carboxylic acid groups (broad SMARTS) is 1. The second kappa shape index (κ2) is 10.2. The molecule has 0 aliphatic carbocycles. The van der Waals surface area contributed by atoms with Gasteiger partial charge in [-0.15, -0.1) is 23.5 Å². The molecule has 3 aliphatic heterocycles. The van der Waals surface area contributed by atoms with Crippen LogP contribution in [0.3, 0.4) is 0 Å². The monoisotopic (exact) mass is 519 g/mol. The predicted molar refractivity (Wildman–Crippen MR) is 137 cm³/mol. The van der Waals surface area contributed by atoms with Crippen LogP contribution in [0.25, 0.3) is 0 Å². The van der Waals surface area contributed by atoms with Gasteiger partial charge >= 0.3 is 5.97 Å². The van der Waals surface area contributed by atoms with Crippen LogP contribution in [-0.2, 0) is 20.9 Å². The Bertz CT molecular complexity index is 1060. The first-order valence-electron chi connectivity index (χ1n) is 11.8. The quantitative estimate of drug-likeness (QED) is 0.399. The van der Waals surface area contributed by atoms with E-state index in [1.807, 2.05) is 25.3 Å². The van der Waals surface area contributed by atoms with Gasteiger partial charge in [0.05, 0.1) is 24.1 Å². The number of nitrogens with zero attached hydrogens (tertiary/aromatic N) is 3. The van der Waals surface area contributed by atoms with Gasteiger partial charge in [-0.05, 0) is 31.2 Å². The number of fused-ring (bicyclic) bond motifs is 1. The van der Waals surface area contributed by atoms with Gasteiger partial charge in [0, 0.05) is 48.2 Å². The van der Waals surface area contributed by atoms with Crippen LogP contribution < -0.4 is 0 Å². The summed E-state index contributed by atoms with van der Waals surface area (Å²) in [6.07, 6.45) is 1.81. The third-order valence-electron chi connectivity index (χ3n) is 7.26. The fraction of sp³-hybridized carbons (Fsp3) is 0.560. The Balaban J connectivity index is 1.59. The van der Waals surface area contributed by atoms with Gasteiger partial charge in [0.15, 0.2) is 0 Å². The highest BCUT2D eigenvalue weighted by atomic mass is 32.2. The number of rotatable bonds is 8. The zero-order chi connectivity index (χ0) is 25.6. The van der Waals surface area contributed by atoms with Gasteiger partial charge in [0.2, 0.25) is 11.8 Å². The molecule has 3 heterocycles. The van der Waals surface area contributed by atoms with Crippen molar-refractivity contribution in [2.24, 2.45) is 11.8 Å². The fourth-order valence-electron chi connectivity index (χ4n) is 5.59. The lowest BCUT2D eigenvalue weighted by Crippen LogP contribution is -2.63. The summed E-state index contributed by atoms with van der Waals surface area (Å²) >= 11 is 3.16. The lowest BCUT2D eigenvalue weighted by molar-refractivity contribution is -0.163. The number of aliphatic hydroxyl groups is 1. The maximum atomic E-state index is 13.1. The van der Waals surface area contributed by atoms with Crippen LogP contribution in [0.15, 0.2) is 39.8 Å². The number of aliphatic carboxylic acids is 1. The molecule has 0 saturated carbocycles. The lowest BCUT2D eigenvalue weighted by atomic mass is 9.79. The van der Waals surface area contributed by atoms with E-state index >= 15 is 0 Å². The largest absolute Gasteiger partial charge is 0.477 e. The number of carbonyl (C=O) groups is 3. The lowest BCUT2D eigenvalue weighted by Gasteiger charge is -2.46. The second-order valence-corrected chi connectivity index (χ2v) is 11.9. The standard InChI is InChI=1S/C25H33N3O5S2/c1-13-20-19(14(2)29)24(31)28(20)21(25(32)33)22(13)35-16-10-17(23(30)26(3)4)27(12-16)11-15-8-6-7-9-18(15)34-5/h6-9,13-14,16-17,19-20,29H,10-12H2,1-5H3,(H,32,33)/t13-,14-,16+,17+,19-,20-/m1/s1. The van der Waals surface area contributed by atoms with Crippen LogP contribution >= 0.6 is 23.5 Å². The summed E-state index contributed by atoms with van der Waals surface area (Å²) in [5.41, 5.74) is 1.20. The summed E-state index contributed by atoms with van der Waals surface area (Å²) < 4.78 is 0. The molecular formula is C25H33N3O5S2. The van der Waals surface area contributed by atoms with Gasteiger partial charge in [-0.1, -0.05) is 25.1 Å². The van der Waals surface area contributed by atoms with Crippen molar-refractivity contribution >= 4 is 41.3 Å². The van der Waals surface area contributed by atoms with Crippen molar-refractivity contribution in [3.63, 3.8) is 0 Å². The number of aliphatic hydroxyl groups excluding tert-OH is 1. The molecule has 8 nitrogen and oxygen atoms in total. The van der Waals surface area contributed by atoms with E-state index in [-0.39, 0.29) is 40.8 Å². The number of carboxylic acids is 1. The number of likely N-dealkylation sites (tertiary alicyclic amines) is 1. The number of β-lactam (4-membered cyclic amide) rings is 1. The highest BCUT2D eigenvalue weighted by Gasteiger charge is 2.60. The maximum absolute atomic E-state index is 13.1. The SMILES string of the molecule is CSc1ccccc1CN1C[C@@H](SC2=C(C(=O)O)N3C(=O)[C@H]([C@@H](C)O)[C@H]3[C@H]2C)C[C@H]1C(=O)N(C)C. The van der Waals surface area contributed by atoms with Crippen LogP contribution in [0.5, 0.6) is 0 Å². The molecule has 2 saturated heterocycles. The Morgan fingerprint density at radius 1 is 1.26 bits per heavy atom.